The lowest BCUT2D eigenvalue weighted by Gasteiger charge is -2.23. The van der Waals surface area contributed by atoms with E-state index in [2.05, 4.69) is 50.4 Å². The molecule has 1 N–H and O–H groups in total. The number of hydrogen-bond acceptors (Lipinski definition) is 2. The first-order valence-corrected chi connectivity index (χ1v) is 6.97. The van der Waals surface area contributed by atoms with Crippen LogP contribution in [-0.4, -0.2) is 25.8 Å². The molecule has 2 nitrogen and oxygen atoms in total. The smallest absolute Gasteiger partial charge is 0.0703 e. The Bertz CT molecular complexity index is 358. The maximum Gasteiger partial charge on any atom is 0.0703 e. The van der Waals surface area contributed by atoms with Crippen molar-refractivity contribution in [2.45, 2.75) is 45.1 Å². The Morgan fingerprint density at radius 2 is 1.94 bits per heavy atom. The van der Waals surface area contributed by atoms with Gasteiger partial charge in [0.05, 0.1) is 12.7 Å². The molecular weight excluding hydrogens is 222 g/mol. The monoisotopic (exact) mass is 247 g/mol. The van der Waals surface area contributed by atoms with Crippen LogP contribution in [0.25, 0.3) is 0 Å². The first kappa shape index (κ1) is 13.6. The maximum absolute atomic E-state index is 5.72. The summed E-state index contributed by atoms with van der Waals surface area (Å²) >= 11 is 0. The molecule has 0 saturated carbocycles. The molecular formula is C16H25NO. The van der Waals surface area contributed by atoms with Crippen molar-refractivity contribution in [2.24, 2.45) is 0 Å². The van der Waals surface area contributed by atoms with E-state index in [0.717, 1.165) is 32.5 Å². The van der Waals surface area contributed by atoms with E-state index in [4.69, 9.17) is 4.74 Å². The highest BCUT2D eigenvalue weighted by Crippen LogP contribution is 2.22. The van der Waals surface area contributed by atoms with Gasteiger partial charge in [-0.2, -0.15) is 0 Å². The van der Waals surface area contributed by atoms with Gasteiger partial charge in [0.25, 0.3) is 0 Å². The fourth-order valence-electron chi connectivity index (χ4n) is 2.30. The predicted octanol–water partition coefficient (Wildman–Crippen LogP) is 2.91. The summed E-state index contributed by atoms with van der Waals surface area (Å²) in [6.07, 6.45) is 2.61. The van der Waals surface area contributed by atoms with Crippen LogP contribution < -0.4 is 5.32 Å². The molecule has 1 fully saturated rings. The highest BCUT2D eigenvalue weighted by Gasteiger charge is 2.14. The van der Waals surface area contributed by atoms with Crippen LogP contribution in [0.5, 0.6) is 0 Å². The number of benzene rings is 1. The highest BCUT2D eigenvalue weighted by atomic mass is 16.5. The molecule has 18 heavy (non-hydrogen) atoms. The minimum Gasteiger partial charge on any atom is -0.376 e. The fourth-order valence-corrected chi connectivity index (χ4v) is 2.30. The minimum absolute atomic E-state index is 0.245. The number of ether oxygens (including phenoxy) is 1. The molecule has 0 aromatic heterocycles. The molecule has 1 saturated heterocycles. The second-order valence-corrected chi connectivity index (χ2v) is 6.18. The van der Waals surface area contributed by atoms with Gasteiger partial charge in [-0.3, -0.25) is 0 Å². The molecule has 1 aromatic rings. The van der Waals surface area contributed by atoms with Gasteiger partial charge in [-0.15, -0.1) is 0 Å². The second-order valence-electron chi connectivity index (χ2n) is 6.18. The summed E-state index contributed by atoms with van der Waals surface area (Å²) in [4.78, 5) is 0. The summed E-state index contributed by atoms with van der Waals surface area (Å²) in [5, 5.41) is 3.38. The molecule has 1 unspecified atom stereocenters. The summed E-state index contributed by atoms with van der Waals surface area (Å²) in [6.45, 7) is 9.61. The van der Waals surface area contributed by atoms with E-state index >= 15 is 0 Å². The van der Waals surface area contributed by atoms with Crippen LogP contribution in [0.4, 0.5) is 0 Å². The molecule has 1 aliphatic heterocycles. The van der Waals surface area contributed by atoms with E-state index in [1.165, 1.54) is 11.1 Å². The molecule has 2 heteroatoms. The lowest BCUT2D eigenvalue weighted by molar-refractivity contribution is 0.0238. The van der Waals surface area contributed by atoms with Gasteiger partial charge in [-0.05, 0) is 29.4 Å². The van der Waals surface area contributed by atoms with E-state index in [0.29, 0.717) is 6.10 Å². The Balaban J connectivity index is 1.86. The quantitative estimate of drug-likeness (QED) is 0.887. The summed E-state index contributed by atoms with van der Waals surface area (Å²) in [6, 6.07) is 9.04. The highest BCUT2D eigenvalue weighted by molar-refractivity contribution is 5.27. The average Bonchev–Trinajstić information content (AvgIpc) is 2.37. The van der Waals surface area contributed by atoms with E-state index in [-0.39, 0.29) is 5.41 Å². The van der Waals surface area contributed by atoms with Gasteiger partial charge in [0.1, 0.15) is 0 Å². The van der Waals surface area contributed by atoms with Crippen molar-refractivity contribution in [1.82, 2.24) is 5.32 Å². The molecule has 0 spiro atoms. The third kappa shape index (κ3) is 3.82. The average molecular weight is 247 g/mol. The van der Waals surface area contributed by atoms with Crippen LogP contribution in [0.1, 0.15) is 38.3 Å². The zero-order chi connectivity index (χ0) is 13.0. The molecule has 0 bridgehead atoms. The molecule has 1 heterocycles. The molecule has 1 aliphatic rings. The number of rotatable bonds is 3. The van der Waals surface area contributed by atoms with Gasteiger partial charge in [-0.25, -0.2) is 0 Å². The standard InChI is InChI=1S/C16H25NO/c1-16(2,3)14-7-4-13(5-8-14)6-9-15-12-17-10-11-18-15/h4-5,7-8,15,17H,6,9-12H2,1-3H3. The summed E-state index contributed by atoms with van der Waals surface area (Å²) in [5.74, 6) is 0. The molecule has 2 rings (SSSR count). The lowest BCUT2D eigenvalue weighted by Crippen LogP contribution is -2.38. The van der Waals surface area contributed by atoms with E-state index in [1.807, 2.05) is 0 Å². The van der Waals surface area contributed by atoms with Gasteiger partial charge >= 0.3 is 0 Å². The van der Waals surface area contributed by atoms with Gasteiger partial charge in [-0.1, -0.05) is 45.0 Å². The maximum atomic E-state index is 5.72. The van der Waals surface area contributed by atoms with Crippen LogP contribution in [0.2, 0.25) is 0 Å². The topological polar surface area (TPSA) is 21.3 Å². The zero-order valence-electron chi connectivity index (χ0n) is 11.8. The van der Waals surface area contributed by atoms with Crippen molar-refractivity contribution < 1.29 is 4.74 Å². The number of aryl methyl sites for hydroxylation is 1. The third-order valence-corrected chi connectivity index (χ3v) is 3.58. The SMILES string of the molecule is CC(C)(C)c1ccc(CCC2CNCCO2)cc1. The Morgan fingerprint density at radius 3 is 2.50 bits per heavy atom. The van der Waals surface area contributed by atoms with Crippen LogP contribution in [-0.2, 0) is 16.6 Å². The molecule has 0 aliphatic carbocycles. The van der Waals surface area contributed by atoms with E-state index in [9.17, 15) is 0 Å². The Labute approximate surface area is 111 Å². The Morgan fingerprint density at radius 1 is 1.22 bits per heavy atom. The first-order valence-electron chi connectivity index (χ1n) is 6.97. The van der Waals surface area contributed by atoms with Crippen molar-refractivity contribution in [2.75, 3.05) is 19.7 Å². The van der Waals surface area contributed by atoms with Crippen LogP contribution >= 0.6 is 0 Å². The molecule has 1 atom stereocenters. The number of morpholine rings is 1. The third-order valence-electron chi connectivity index (χ3n) is 3.58. The Kier molecular flexibility index (Phi) is 4.41. The summed E-state index contributed by atoms with van der Waals surface area (Å²) in [5.41, 5.74) is 3.06. The number of hydrogen-bond donors (Lipinski definition) is 1. The second kappa shape index (κ2) is 5.85. The summed E-state index contributed by atoms with van der Waals surface area (Å²) < 4.78 is 5.72. The van der Waals surface area contributed by atoms with Crippen LogP contribution in [0, 0.1) is 0 Å². The largest absolute Gasteiger partial charge is 0.376 e. The van der Waals surface area contributed by atoms with Crippen molar-refractivity contribution in [3.8, 4) is 0 Å². The molecule has 100 valence electrons. The minimum atomic E-state index is 0.245. The first-order chi connectivity index (χ1) is 8.55. The zero-order valence-corrected chi connectivity index (χ0v) is 11.8. The van der Waals surface area contributed by atoms with E-state index in [1.54, 1.807) is 0 Å². The number of nitrogens with one attached hydrogen (secondary N) is 1. The van der Waals surface area contributed by atoms with Gasteiger partial charge in [0.15, 0.2) is 0 Å². The van der Waals surface area contributed by atoms with Crippen molar-refractivity contribution in [1.29, 1.82) is 0 Å². The van der Waals surface area contributed by atoms with Crippen molar-refractivity contribution in [3.05, 3.63) is 35.4 Å². The van der Waals surface area contributed by atoms with Crippen molar-refractivity contribution in [3.63, 3.8) is 0 Å². The lowest BCUT2D eigenvalue weighted by atomic mass is 9.86. The summed E-state index contributed by atoms with van der Waals surface area (Å²) in [7, 11) is 0. The Hall–Kier alpha value is -0.860. The van der Waals surface area contributed by atoms with Gasteiger partial charge in [0.2, 0.25) is 0 Å². The molecule has 0 radical (unpaired) electrons. The normalized spacial score (nSPS) is 20.9. The van der Waals surface area contributed by atoms with Crippen molar-refractivity contribution >= 4 is 0 Å². The molecule has 0 amide bonds. The van der Waals surface area contributed by atoms with Crippen LogP contribution in [0.3, 0.4) is 0 Å². The van der Waals surface area contributed by atoms with Crippen LogP contribution in [0.15, 0.2) is 24.3 Å². The fraction of sp³-hybridized carbons (Fsp3) is 0.625. The van der Waals surface area contributed by atoms with Gasteiger partial charge in [0, 0.05) is 13.1 Å². The predicted molar refractivity (Wildman–Crippen MR) is 76.1 cm³/mol. The van der Waals surface area contributed by atoms with E-state index < -0.39 is 0 Å². The molecule has 1 aromatic carbocycles. The van der Waals surface area contributed by atoms with Gasteiger partial charge < -0.3 is 10.1 Å².